The quantitative estimate of drug-likeness (QED) is 0.587. The summed E-state index contributed by atoms with van der Waals surface area (Å²) in [7, 11) is 0. The maximum absolute atomic E-state index is 12.5. The fraction of sp³-hybridized carbons (Fsp3) is 0.0909. The molecule has 4 rings (SSSR count). The molecule has 3 aromatic carbocycles. The van der Waals surface area contributed by atoms with Crippen LogP contribution < -0.4 is 5.32 Å². The number of aromatic nitrogens is 2. The molecule has 0 bridgehead atoms. The molecule has 4 aromatic rings. The lowest BCUT2D eigenvalue weighted by Gasteiger charge is -2.04. The van der Waals surface area contributed by atoms with E-state index in [2.05, 4.69) is 41.6 Å². The summed E-state index contributed by atoms with van der Waals surface area (Å²) in [6, 6.07) is 25.5. The molecular formula is C22H19N3O. The van der Waals surface area contributed by atoms with E-state index in [-0.39, 0.29) is 5.91 Å². The van der Waals surface area contributed by atoms with E-state index in [1.165, 1.54) is 11.1 Å². The Balaban J connectivity index is 1.67. The highest BCUT2D eigenvalue weighted by atomic mass is 16.1. The van der Waals surface area contributed by atoms with Crippen LogP contribution in [0, 0.1) is 6.92 Å². The smallest absolute Gasteiger partial charge is 0.256 e. The van der Waals surface area contributed by atoms with Gasteiger partial charge in [-0.25, -0.2) is 0 Å². The molecule has 0 saturated carbocycles. The SMILES string of the molecule is Cc1ccc(Cn2nc(NC(=O)c3ccccc3)c3ccccc32)cc1. The molecule has 1 amide bonds. The van der Waals surface area contributed by atoms with Crippen molar-refractivity contribution in [3.8, 4) is 0 Å². The highest BCUT2D eigenvalue weighted by Gasteiger charge is 2.14. The molecule has 0 unspecified atom stereocenters. The third kappa shape index (κ3) is 3.22. The lowest BCUT2D eigenvalue weighted by molar-refractivity contribution is 0.102. The Morgan fingerprint density at radius 2 is 1.62 bits per heavy atom. The predicted molar refractivity (Wildman–Crippen MR) is 104 cm³/mol. The molecule has 0 aliphatic carbocycles. The molecule has 128 valence electrons. The number of benzene rings is 3. The van der Waals surface area contributed by atoms with Gasteiger partial charge in [-0.1, -0.05) is 60.2 Å². The first-order chi connectivity index (χ1) is 12.7. The van der Waals surface area contributed by atoms with Crippen LogP contribution in [-0.4, -0.2) is 15.7 Å². The van der Waals surface area contributed by atoms with E-state index in [9.17, 15) is 4.79 Å². The third-order valence-electron chi connectivity index (χ3n) is 4.38. The zero-order valence-electron chi connectivity index (χ0n) is 14.5. The highest BCUT2D eigenvalue weighted by molar-refractivity contribution is 6.07. The van der Waals surface area contributed by atoms with E-state index in [1.807, 2.05) is 47.1 Å². The van der Waals surface area contributed by atoms with Crippen LogP contribution in [0.2, 0.25) is 0 Å². The topological polar surface area (TPSA) is 46.9 Å². The number of anilines is 1. The second-order valence-electron chi connectivity index (χ2n) is 6.33. The molecule has 1 heterocycles. The summed E-state index contributed by atoms with van der Waals surface area (Å²) in [4.78, 5) is 12.5. The van der Waals surface area contributed by atoms with Gasteiger partial charge in [-0.15, -0.1) is 0 Å². The lowest BCUT2D eigenvalue weighted by atomic mass is 10.1. The monoisotopic (exact) mass is 341 g/mol. The van der Waals surface area contributed by atoms with Crippen LogP contribution in [-0.2, 0) is 6.54 Å². The first-order valence-corrected chi connectivity index (χ1v) is 8.58. The number of para-hydroxylation sites is 1. The minimum absolute atomic E-state index is 0.156. The summed E-state index contributed by atoms with van der Waals surface area (Å²) in [5.41, 5.74) is 4.01. The molecule has 0 radical (unpaired) electrons. The Kier molecular flexibility index (Phi) is 4.23. The average molecular weight is 341 g/mol. The van der Waals surface area contributed by atoms with Gasteiger partial charge in [0.1, 0.15) is 0 Å². The minimum atomic E-state index is -0.156. The van der Waals surface area contributed by atoms with Gasteiger partial charge in [0.2, 0.25) is 0 Å². The van der Waals surface area contributed by atoms with E-state index in [0.717, 1.165) is 10.9 Å². The van der Waals surface area contributed by atoms with Crippen molar-refractivity contribution >= 4 is 22.6 Å². The summed E-state index contributed by atoms with van der Waals surface area (Å²) in [6.07, 6.45) is 0. The van der Waals surface area contributed by atoms with Crippen molar-refractivity contribution in [1.29, 1.82) is 0 Å². The molecule has 0 spiro atoms. The highest BCUT2D eigenvalue weighted by Crippen LogP contribution is 2.24. The molecule has 1 aromatic heterocycles. The van der Waals surface area contributed by atoms with Crippen molar-refractivity contribution in [2.24, 2.45) is 0 Å². The minimum Gasteiger partial charge on any atom is -0.305 e. The number of hydrogen-bond donors (Lipinski definition) is 1. The van der Waals surface area contributed by atoms with E-state index < -0.39 is 0 Å². The Labute approximate surface area is 152 Å². The number of amides is 1. The van der Waals surface area contributed by atoms with Crippen molar-refractivity contribution in [1.82, 2.24) is 9.78 Å². The first-order valence-electron chi connectivity index (χ1n) is 8.58. The molecule has 0 atom stereocenters. The zero-order chi connectivity index (χ0) is 17.9. The predicted octanol–water partition coefficient (Wildman–Crippen LogP) is 4.65. The fourth-order valence-corrected chi connectivity index (χ4v) is 2.98. The van der Waals surface area contributed by atoms with E-state index >= 15 is 0 Å². The Hall–Kier alpha value is -3.40. The van der Waals surface area contributed by atoms with Crippen molar-refractivity contribution in [2.75, 3.05) is 5.32 Å². The van der Waals surface area contributed by atoms with Crippen LogP contribution in [0.25, 0.3) is 10.9 Å². The summed E-state index contributed by atoms with van der Waals surface area (Å²) >= 11 is 0. The van der Waals surface area contributed by atoms with Gasteiger partial charge >= 0.3 is 0 Å². The van der Waals surface area contributed by atoms with Crippen LogP contribution in [0.4, 0.5) is 5.82 Å². The Morgan fingerprint density at radius 1 is 0.923 bits per heavy atom. The van der Waals surface area contributed by atoms with Gasteiger partial charge < -0.3 is 5.32 Å². The van der Waals surface area contributed by atoms with Gasteiger partial charge in [-0.2, -0.15) is 5.10 Å². The number of fused-ring (bicyclic) bond motifs is 1. The molecule has 0 saturated heterocycles. The number of aryl methyl sites for hydroxylation is 1. The van der Waals surface area contributed by atoms with Gasteiger partial charge in [-0.05, 0) is 36.8 Å². The molecule has 4 heteroatoms. The molecular weight excluding hydrogens is 322 g/mol. The number of hydrogen-bond acceptors (Lipinski definition) is 2. The molecule has 0 fully saturated rings. The number of nitrogens with one attached hydrogen (secondary N) is 1. The lowest BCUT2D eigenvalue weighted by Crippen LogP contribution is -2.12. The van der Waals surface area contributed by atoms with Crippen LogP contribution in [0.3, 0.4) is 0 Å². The maximum Gasteiger partial charge on any atom is 0.256 e. The first kappa shape index (κ1) is 16.1. The molecule has 4 nitrogen and oxygen atoms in total. The Bertz CT molecular complexity index is 1050. The van der Waals surface area contributed by atoms with Crippen LogP contribution in [0.1, 0.15) is 21.5 Å². The van der Waals surface area contributed by atoms with Crippen LogP contribution in [0.15, 0.2) is 78.9 Å². The van der Waals surface area contributed by atoms with Crippen LogP contribution >= 0.6 is 0 Å². The van der Waals surface area contributed by atoms with Gasteiger partial charge in [0, 0.05) is 10.9 Å². The molecule has 26 heavy (non-hydrogen) atoms. The number of carbonyl (C=O) groups excluding carboxylic acids is 1. The van der Waals surface area contributed by atoms with Gasteiger partial charge in [0.05, 0.1) is 12.1 Å². The van der Waals surface area contributed by atoms with Gasteiger partial charge in [0.25, 0.3) is 5.91 Å². The second-order valence-corrected chi connectivity index (χ2v) is 6.33. The summed E-state index contributed by atoms with van der Waals surface area (Å²) in [6.45, 7) is 2.73. The van der Waals surface area contributed by atoms with Gasteiger partial charge in [0.15, 0.2) is 5.82 Å². The number of rotatable bonds is 4. The van der Waals surface area contributed by atoms with Crippen molar-refractivity contribution < 1.29 is 4.79 Å². The summed E-state index contributed by atoms with van der Waals surface area (Å²) < 4.78 is 1.93. The largest absolute Gasteiger partial charge is 0.305 e. The molecule has 1 N–H and O–H groups in total. The second kappa shape index (κ2) is 6.84. The van der Waals surface area contributed by atoms with Crippen molar-refractivity contribution in [3.63, 3.8) is 0 Å². The van der Waals surface area contributed by atoms with Gasteiger partial charge in [-0.3, -0.25) is 9.48 Å². The summed E-state index contributed by atoms with van der Waals surface area (Å²) in [5, 5.41) is 8.54. The van der Waals surface area contributed by atoms with Crippen molar-refractivity contribution in [2.45, 2.75) is 13.5 Å². The van der Waals surface area contributed by atoms with E-state index in [0.29, 0.717) is 17.9 Å². The van der Waals surface area contributed by atoms with E-state index in [4.69, 9.17) is 0 Å². The summed E-state index contributed by atoms with van der Waals surface area (Å²) in [5.74, 6) is 0.429. The Morgan fingerprint density at radius 3 is 2.38 bits per heavy atom. The van der Waals surface area contributed by atoms with Crippen LogP contribution in [0.5, 0.6) is 0 Å². The fourth-order valence-electron chi connectivity index (χ4n) is 2.98. The normalized spacial score (nSPS) is 10.8. The zero-order valence-corrected chi connectivity index (χ0v) is 14.5. The molecule has 0 aliphatic rings. The number of nitrogens with zero attached hydrogens (tertiary/aromatic N) is 2. The van der Waals surface area contributed by atoms with E-state index in [1.54, 1.807) is 12.1 Å². The molecule has 0 aliphatic heterocycles. The standard InChI is InChI=1S/C22H19N3O/c1-16-11-13-17(14-12-16)15-25-20-10-6-5-9-19(20)21(24-25)23-22(26)18-7-3-2-4-8-18/h2-14H,15H2,1H3,(H,23,24,26). The maximum atomic E-state index is 12.5. The third-order valence-corrected chi connectivity index (χ3v) is 4.38. The average Bonchev–Trinajstić information content (AvgIpc) is 3.02. The van der Waals surface area contributed by atoms with Crippen molar-refractivity contribution in [3.05, 3.63) is 95.6 Å². The number of carbonyl (C=O) groups is 1.